The van der Waals surface area contributed by atoms with Crippen molar-refractivity contribution < 1.29 is 9.84 Å². The van der Waals surface area contributed by atoms with Gasteiger partial charge in [0.2, 0.25) is 0 Å². The fourth-order valence-corrected chi connectivity index (χ4v) is 1.27. The van der Waals surface area contributed by atoms with Crippen LogP contribution < -0.4 is 0 Å². The van der Waals surface area contributed by atoms with Crippen LogP contribution in [0.5, 0.6) is 0 Å². The molecular weight excluding hydrogens is 176 g/mol. The molecule has 0 saturated carbocycles. The minimum atomic E-state index is -0.984. The molecule has 0 N–H and O–H groups in total. The Morgan fingerprint density at radius 1 is 1.29 bits per heavy atom. The first-order chi connectivity index (χ1) is 6.69. The molecule has 0 fully saturated rings. The number of ether oxygens (including phenoxy) is 1. The van der Waals surface area contributed by atoms with Gasteiger partial charge in [-0.3, -0.25) is 0 Å². The molecule has 0 bridgehead atoms. The minimum absolute atomic E-state index is 0.00370. The molecule has 0 rings (SSSR count). The normalized spacial score (nSPS) is 17.1. The molecule has 0 aliphatic heterocycles. The molecule has 0 aliphatic rings. The van der Waals surface area contributed by atoms with E-state index in [9.17, 15) is 5.11 Å². The third-order valence-electron chi connectivity index (χ3n) is 2.34. The van der Waals surface area contributed by atoms with E-state index in [1.807, 2.05) is 13.8 Å². The van der Waals surface area contributed by atoms with Crippen molar-refractivity contribution >= 4 is 0 Å². The maximum atomic E-state index is 11.6. The van der Waals surface area contributed by atoms with Crippen LogP contribution in [0.3, 0.4) is 0 Å². The summed E-state index contributed by atoms with van der Waals surface area (Å²) in [6.45, 7) is 11.2. The van der Waals surface area contributed by atoms with Gasteiger partial charge in [-0.2, -0.15) is 0 Å². The van der Waals surface area contributed by atoms with E-state index in [0.29, 0.717) is 0 Å². The lowest BCUT2D eigenvalue weighted by atomic mass is 10.1. The Hall–Kier alpha value is -0.600. The van der Waals surface area contributed by atoms with Gasteiger partial charge < -0.3 is 4.74 Å². The summed E-state index contributed by atoms with van der Waals surface area (Å²) in [5.74, 6) is -0.0890. The summed E-state index contributed by atoms with van der Waals surface area (Å²) in [6, 6.07) is 0. The lowest BCUT2D eigenvalue weighted by Crippen LogP contribution is -2.26. The van der Waals surface area contributed by atoms with Gasteiger partial charge in [-0.05, 0) is 19.3 Å². The van der Waals surface area contributed by atoms with Crippen LogP contribution in [-0.4, -0.2) is 12.4 Å². The highest BCUT2D eigenvalue weighted by atomic mass is 16.6. The fraction of sp³-hybridized carbons (Fsp3) is 0.667. The van der Waals surface area contributed by atoms with Crippen molar-refractivity contribution in [3.8, 4) is 0 Å². The van der Waals surface area contributed by atoms with Gasteiger partial charge in [0.05, 0.1) is 6.10 Å². The topological polar surface area (TPSA) is 29.1 Å². The molecule has 3 unspecified atom stereocenters. The van der Waals surface area contributed by atoms with E-state index in [4.69, 9.17) is 4.74 Å². The van der Waals surface area contributed by atoms with Gasteiger partial charge in [0, 0.05) is 5.92 Å². The molecule has 0 heterocycles. The molecule has 81 valence electrons. The smallest absolute Gasteiger partial charge is 0.197 e. The predicted octanol–water partition coefficient (Wildman–Crippen LogP) is 3.33. The van der Waals surface area contributed by atoms with Crippen molar-refractivity contribution in [2.45, 2.75) is 45.5 Å². The van der Waals surface area contributed by atoms with Crippen LogP contribution in [0, 0.1) is 5.92 Å². The highest BCUT2D eigenvalue weighted by molar-refractivity contribution is 4.81. The quantitative estimate of drug-likeness (QED) is 0.433. The lowest BCUT2D eigenvalue weighted by molar-refractivity contribution is -0.190. The summed E-state index contributed by atoms with van der Waals surface area (Å²) in [5.41, 5.74) is 0. The number of hydrogen-bond acceptors (Lipinski definition) is 1. The molecule has 1 radical (unpaired) electrons. The Morgan fingerprint density at radius 2 is 1.93 bits per heavy atom. The molecule has 3 atom stereocenters. The second-order valence-electron chi connectivity index (χ2n) is 3.37. The zero-order valence-electron chi connectivity index (χ0n) is 9.24. The van der Waals surface area contributed by atoms with Gasteiger partial charge in [0.25, 0.3) is 0 Å². The van der Waals surface area contributed by atoms with Crippen LogP contribution in [0.4, 0.5) is 0 Å². The highest BCUT2D eigenvalue weighted by Crippen LogP contribution is 2.16. The van der Waals surface area contributed by atoms with Gasteiger partial charge in [-0.15, -0.1) is 13.2 Å². The van der Waals surface area contributed by atoms with Crippen LogP contribution in [0.2, 0.25) is 0 Å². The van der Waals surface area contributed by atoms with Gasteiger partial charge in [-0.1, -0.05) is 26.0 Å². The zero-order valence-corrected chi connectivity index (χ0v) is 9.24. The van der Waals surface area contributed by atoms with Gasteiger partial charge >= 0.3 is 0 Å². The van der Waals surface area contributed by atoms with Crippen LogP contribution in [0.25, 0.3) is 0 Å². The van der Waals surface area contributed by atoms with Crippen molar-refractivity contribution in [3.05, 3.63) is 25.3 Å². The third-order valence-corrected chi connectivity index (χ3v) is 2.34. The van der Waals surface area contributed by atoms with E-state index >= 15 is 0 Å². The molecule has 0 spiro atoms. The first-order valence-corrected chi connectivity index (χ1v) is 5.24. The largest absolute Gasteiger partial charge is 0.346 e. The van der Waals surface area contributed by atoms with Gasteiger partial charge in [-0.25, -0.2) is 5.11 Å². The van der Waals surface area contributed by atoms with E-state index in [-0.39, 0.29) is 12.0 Å². The Labute approximate surface area is 87.3 Å². The Morgan fingerprint density at radius 3 is 2.29 bits per heavy atom. The standard InChI is InChI=1S/C12H21O2/c1-5-9-11(8-4)14-12(13)10(6-2)7-3/h5-6,10-12H,1-2,7-9H2,3-4H3. The first kappa shape index (κ1) is 13.4. The first-order valence-electron chi connectivity index (χ1n) is 5.24. The summed E-state index contributed by atoms with van der Waals surface area (Å²) < 4.78 is 5.39. The molecule has 0 saturated heterocycles. The molecule has 14 heavy (non-hydrogen) atoms. The average molecular weight is 197 g/mol. The maximum Gasteiger partial charge on any atom is 0.197 e. The van der Waals surface area contributed by atoms with E-state index < -0.39 is 6.29 Å². The van der Waals surface area contributed by atoms with E-state index in [2.05, 4.69) is 13.2 Å². The summed E-state index contributed by atoms with van der Waals surface area (Å²) in [5, 5.41) is 11.6. The second kappa shape index (κ2) is 7.77. The molecule has 0 aromatic carbocycles. The molecule has 0 aliphatic carbocycles. The van der Waals surface area contributed by atoms with Crippen LogP contribution in [0.15, 0.2) is 25.3 Å². The number of rotatable bonds is 8. The lowest BCUT2D eigenvalue weighted by Gasteiger charge is -2.22. The summed E-state index contributed by atoms with van der Waals surface area (Å²) in [7, 11) is 0. The van der Waals surface area contributed by atoms with Crippen LogP contribution in [-0.2, 0) is 9.84 Å². The SMILES string of the molecule is C=CCC(CC)OC([O])C(C=C)CC. The van der Waals surface area contributed by atoms with Crippen molar-refractivity contribution in [1.82, 2.24) is 0 Å². The molecule has 2 heteroatoms. The van der Waals surface area contributed by atoms with Gasteiger partial charge in [0.1, 0.15) is 0 Å². The van der Waals surface area contributed by atoms with Crippen LogP contribution in [0.1, 0.15) is 33.1 Å². The zero-order chi connectivity index (χ0) is 11.0. The third kappa shape index (κ3) is 4.58. The predicted molar refractivity (Wildman–Crippen MR) is 58.4 cm³/mol. The van der Waals surface area contributed by atoms with Crippen molar-refractivity contribution in [2.24, 2.45) is 5.92 Å². The van der Waals surface area contributed by atoms with Gasteiger partial charge in [0.15, 0.2) is 6.29 Å². The maximum absolute atomic E-state index is 11.6. The number of hydrogen-bond donors (Lipinski definition) is 0. The summed E-state index contributed by atoms with van der Waals surface area (Å²) >= 11 is 0. The van der Waals surface area contributed by atoms with E-state index in [0.717, 1.165) is 19.3 Å². The molecule has 2 nitrogen and oxygen atoms in total. The van der Waals surface area contributed by atoms with E-state index in [1.165, 1.54) is 0 Å². The molecular formula is C12H21O2. The molecule has 0 aromatic rings. The Bertz CT molecular complexity index is 166. The van der Waals surface area contributed by atoms with Crippen molar-refractivity contribution in [2.75, 3.05) is 0 Å². The Kier molecular flexibility index (Phi) is 7.44. The highest BCUT2D eigenvalue weighted by Gasteiger charge is 2.19. The molecule has 0 amide bonds. The Balaban J connectivity index is 4.04. The van der Waals surface area contributed by atoms with Crippen molar-refractivity contribution in [3.63, 3.8) is 0 Å². The van der Waals surface area contributed by atoms with Crippen LogP contribution >= 0.6 is 0 Å². The monoisotopic (exact) mass is 197 g/mol. The average Bonchev–Trinajstić information content (AvgIpc) is 2.19. The second-order valence-corrected chi connectivity index (χ2v) is 3.37. The summed E-state index contributed by atoms with van der Waals surface area (Å²) in [4.78, 5) is 0. The minimum Gasteiger partial charge on any atom is -0.346 e. The fourth-order valence-electron chi connectivity index (χ4n) is 1.27. The van der Waals surface area contributed by atoms with E-state index in [1.54, 1.807) is 12.2 Å². The summed E-state index contributed by atoms with van der Waals surface area (Å²) in [6.07, 6.45) is 4.85. The molecule has 0 aromatic heterocycles. The van der Waals surface area contributed by atoms with Crippen molar-refractivity contribution in [1.29, 1.82) is 0 Å².